The molecule has 0 aromatic heterocycles. The number of aliphatic hydroxyl groups is 2. The molecule has 2 aliphatic heterocycles. The van der Waals surface area contributed by atoms with E-state index in [9.17, 15) is 24.9 Å². The standard InChI is InChI=1S/C30H25NO7/c1-5-16-14(2)12-17-22(28(16)37-4)27(36)23-19(33)13-18-25(24(23)26(17)35)31-20-10-8-6-7-9-11-21(34)30(18)29(20,38-30)15(3)32/h6-7,12-13,15,20-21,31-34H,5H2,1-4H3/b7-6-/t15-,20+,21-,29+,30+/m1/s1. The third kappa shape index (κ3) is 2.72. The van der Waals surface area contributed by atoms with Crippen LogP contribution in [0.2, 0.25) is 0 Å². The van der Waals surface area contributed by atoms with Crippen LogP contribution in [0.15, 0.2) is 24.3 Å². The second-order valence-electron chi connectivity index (χ2n) is 9.91. The zero-order valence-electron chi connectivity index (χ0n) is 21.2. The highest BCUT2D eigenvalue weighted by Crippen LogP contribution is 2.67. The SMILES string of the molecule is CCc1c(C)cc2c(c1OC)C(=O)c1c(O)cc3c(c1C2=O)N[C@H]1C#C/C=C\C#C[C@@H](O)[C@@]32O[C@@]12[C@@H](C)O. The number of aryl methyl sites for hydroxylation is 1. The Kier molecular flexibility index (Phi) is 5.08. The van der Waals surface area contributed by atoms with Crippen molar-refractivity contribution < 1.29 is 34.4 Å². The maximum atomic E-state index is 14.1. The van der Waals surface area contributed by atoms with Gasteiger partial charge in [0.2, 0.25) is 5.78 Å². The molecule has 1 saturated heterocycles. The Hall–Kier alpha value is -4.08. The average molecular weight is 512 g/mol. The topological polar surface area (TPSA) is 129 Å². The molecule has 0 radical (unpaired) electrons. The van der Waals surface area contributed by atoms with Crippen molar-refractivity contribution >= 4 is 17.3 Å². The lowest BCUT2D eigenvalue weighted by Gasteiger charge is -2.37. The van der Waals surface area contributed by atoms with Crippen molar-refractivity contribution in [3.05, 3.63) is 63.2 Å². The van der Waals surface area contributed by atoms with Crippen molar-refractivity contribution in [1.29, 1.82) is 0 Å². The van der Waals surface area contributed by atoms with Crippen LogP contribution in [0.25, 0.3) is 0 Å². The van der Waals surface area contributed by atoms with Gasteiger partial charge >= 0.3 is 0 Å². The molecule has 1 fully saturated rings. The normalized spacial score (nSPS) is 29.0. The van der Waals surface area contributed by atoms with Crippen LogP contribution in [-0.2, 0) is 16.8 Å². The highest BCUT2D eigenvalue weighted by Gasteiger charge is 2.82. The number of ether oxygens (including phenoxy) is 2. The lowest BCUT2D eigenvalue weighted by molar-refractivity contribution is 0.0867. The third-order valence-electron chi connectivity index (χ3n) is 8.09. The van der Waals surface area contributed by atoms with Gasteiger partial charge in [-0.05, 0) is 55.7 Å². The van der Waals surface area contributed by atoms with Crippen LogP contribution >= 0.6 is 0 Å². The van der Waals surface area contributed by atoms with E-state index < -0.39 is 46.8 Å². The van der Waals surface area contributed by atoms with Gasteiger partial charge in [-0.15, -0.1) is 0 Å². The van der Waals surface area contributed by atoms with Gasteiger partial charge in [0.15, 0.2) is 23.1 Å². The van der Waals surface area contributed by atoms with Crippen molar-refractivity contribution in [3.63, 3.8) is 0 Å². The van der Waals surface area contributed by atoms with Crippen LogP contribution < -0.4 is 10.1 Å². The highest BCUT2D eigenvalue weighted by molar-refractivity contribution is 6.32. The molecule has 0 saturated carbocycles. The number of allylic oxidation sites excluding steroid dienone is 2. The molecule has 8 heteroatoms. The first-order valence-corrected chi connectivity index (χ1v) is 12.4. The summed E-state index contributed by atoms with van der Waals surface area (Å²) in [6, 6.07) is 2.11. The van der Waals surface area contributed by atoms with Crippen molar-refractivity contribution in [2.75, 3.05) is 12.4 Å². The number of ketones is 2. The first-order valence-electron chi connectivity index (χ1n) is 12.4. The van der Waals surface area contributed by atoms with E-state index >= 15 is 0 Å². The van der Waals surface area contributed by atoms with Crippen LogP contribution in [0.3, 0.4) is 0 Å². The molecular weight excluding hydrogens is 486 g/mol. The van der Waals surface area contributed by atoms with E-state index in [1.54, 1.807) is 6.07 Å². The predicted octanol–water partition coefficient (Wildman–Crippen LogP) is 2.12. The average Bonchev–Trinajstić information content (AvgIpc) is 3.62. The van der Waals surface area contributed by atoms with Crippen molar-refractivity contribution in [1.82, 2.24) is 0 Å². The molecule has 0 amide bonds. The Balaban J connectivity index is 1.67. The quantitative estimate of drug-likeness (QED) is 0.239. The predicted molar refractivity (Wildman–Crippen MR) is 137 cm³/mol. The van der Waals surface area contributed by atoms with Gasteiger partial charge in [0.05, 0.1) is 35.6 Å². The van der Waals surface area contributed by atoms with Gasteiger partial charge in [-0.3, -0.25) is 9.59 Å². The monoisotopic (exact) mass is 511 g/mol. The summed E-state index contributed by atoms with van der Waals surface area (Å²) < 4.78 is 11.8. The van der Waals surface area contributed by atoms with Gasteiger partial charge in [-0.25, -0.2) is 0 Å². The van der Waals surface area contributed by atoms with Crippen molar-refractivity contribution in [2.45, 2.75) is 56.6 Å². The molecule has 2 heterocycles. The number of methoxy groups -OCH3 is 1. The third-order valence-corrected chi connectivity index (χ3v) is 8.09. The number of epoxide rings is 1. The van der Waals surface area contributed by atoms with Crippen molar-refractivity contribution in [3.8, 4) is 35.2 Å². The fraction of sp³-hybridized carbons (Fsp3) is 0.333. The fourth-order valence-corrected chi connectivity index (χ4v) is 6.40. The zero-order valence-corrected chi connectivity index (χ0v) is 21.2. The second-order valence-corrected chi connectivity index (χ2v) is 9.91. The molecule has 8 nitrogen and oxygen atoms in total. The summed E-state index contributed by atoms with van der Waals surface area (Å²) in [7, 11) is 1.45. The number of rotatable bonds is 3. The van der Waals surface area contributed by atoms with Crippen LogP contribution in [0.1, 0.15) is 62.4 Å². The maximum absolute atomic E-state index is 14.1. The molecule has 38 heavy (non-hydrogen) atoms. The van der Waals surface area contributed by atoms with Gasteiger partial charge in [0.25, 0.3) is 0 Å². The van der Waals surface area contributed by atoms with E-state index in [1.165, 1.54) is 32.3 Å². The smallest absolute Gasteiger partial charge is 0.202 e. The molecule has 2 aromatic rings. The summed E-state index contributed by atoms with van der Waals surface area (Å²) in [6.45, 7) is 5.30. The van der Waals surface area contributed by atoms with Crippen LogP contribution in [-0.4, -0.2) is 57.8 Å². The number of carbonyl (C=O) groups excluding carboxylic acids is 2. The van der Waals surface area contributed by atoms with Gasteiger partial charge in [0.1, 0.15) is 17.5 Å². The highest BCUT2D eigenvalue weighted by atomic mass is 16.7. The lowest BCUT2D eigenvalue weighted by atomic mass is 9.69. The molecule has 2 aliphatic carbocycles. The Bertz CT molecular complexity index is 1630. The number of carbonyl (C=O) groups is 2. The molecule has 4 aliphatic rings. The number of benzene rings is 2. The van der Waals surface area contributed by atoms with E-state index in [1.807, 2.05) is 13.8 Å². The van der Waals surface area contributed by atoms with E-state index in [4.69, 9.17) is 9.47 Å². The van der Waals surface area contributed by atoms with Crippen molar-refractivity contribution in [2.24, 2.45) is 0 Å². The van der Waals surface area contributed by atoms with Crippen LogP contribution in [0, 0.1) is 30.6 Å². The number of anilines is 1. The molecule has 6 rings (SSSR count). The van der Waals surface area contributed by atoms with Gasteiger partial charge in [-0.2, -0.15) is 0 Å². The second kappa shape index (κ2) is 7.96. The van der Waals surface area contributed by atoms with Gasteiger partial charge in [0, 0.05) is 11.1 Å². The summed E-state index contributed by atoms with van der Waals surface area (Å²) in [6.07, 6.45) is 1.05. The summed E-state index contributed by atoms with van der Waals surface area (Å²) in [5, 5.41) is 36.6. The minimum Gasteiger partial charge on any atom is -0.507 e. The zero-order chi connectivity index (χ0) is 27.1. The van der Waals surface area contributed by atoms with E-state index in [-0.39, 0.29) is 33.5 Å². The van der Waals surface area contributed by atoms with E-state index in [2.05, 4.69) is 29.0 Å². The summed E-state index contributed by atoms with van der Waals surface area (Å²) in [5.74, 6) is 10.1. The first kappa shape index (κ1) is 24.3. The molecule has 5 atom stereocenters. The number of phenols is 1. The minimum absolute atomic E-state index is 0.0446. The number of aromatic hydroxyl groups is 1. The number of hydrogen-bond acceptors (Lipinski definition) is 8. The number of hydrogen-bond donors (Lipinski definition) is 4. The maximum Gasteiger partial charge on any atom is 0.202 e. The van der Waals surface area contributed by atoms with E-state index in [0.717, 1.165) is 11.1 Å². The molecule has 192 valence electrons. The molecule has 4 N–H and O–H groups in total. The van der Waals surface area contributed by atoms with E-state index in [0.29, 0.717) is 12.2 Å². The molecule has 2 bridgehead atoms. The molecule has 2 aromatic carbocycles. The van der Waals surface area contributed by atoms with Crippen LogP contribution in [0.5, 0.6) is 11.5 Å². The first-order chi connectivity index (χ1) is 18.1. The Morgan fingerprint density at radius 3 is 2.50 bits per heavy atom. The molecule has 0 unspecified atom stereocenters. The Labute approximate surface area is 219 Å². The number of phenolic OH excluding ortho intramolecular Hbond substituents is 1. The molecule has 0 spiro atoms. The minimum atomic E-state index is -1.60. The largest absolute Gasteiger partial charge is 0.507 e. The Morgan fingerprint density at radius 2 is 1.84 bits per heavy atom. The summed E-state index contributed by atoms with van der Waals surface area (Å²) in [4.78, 5) is 28.0. The lowest BCUT2D eigenvalue weighted by Crippen LogP contribution is -2.54. The number of aliphatic hydroxyl groups excluding tert-OH is 2. The number of fused-ring (bicyclic) bond motifs is 4. The van der Waals surface area contributed by atoms with Crippen LogP contribution in [0.4, 0.5) is 5.69 Å². The molecular formula is C30H25NO7. The van der Waals surface area contributed by atoms with Gasteiger partial charge < -0.3 is 30.1 Å². The summed E-state index contributed by atoms with van der Waals surface area (Å²) in [5.41, 5.74) is -0.934. The fourth-order valence-electron chi connectivity index (χ4n) is 6.40. The number of nitrogens with one attached hydrogen (secondary N) is 1. The summed E-state index contributed by atoms with van der Waals surface area (Å²) >= 11 is 0. The Morgan fingerprint density at radius 1 is 1.13 bits per heavy atom. The van der Waals surface area contributed by atoms with Gasteiger partial charge in [-0.1, -0.05) is 30.6 Å².